The highest BCUT2D eigenvalue weighted by Gasteiger charge is 2.18. The van der Waals surface area contributed by atoms with Crippen LogP contribution in [0.4, 0.5) is 5.69 Å². The van der Waals surface area contributed by atoms with Gasteiger partial charge in [-0.1, -0.05) is 12.1 Å². The molecule has 2 N–H and O–H groups in total. The van der Waals surface area contributed by atoms with Gasteiger partial charge in [-0.2, -0.15) is 0 Å². The van der Waals surface area contributed by atoms with Crippen molar-refractivity contribution < 1.29 is 13.2 Å². The number of nitrogens with one attached hydrogen (secondary N) is 2. The van der Waals surface area contributed by atoms with E-state index in [1.54, 1.807) is 30.5 Å². The second kappa shape index (κ2) is 6.62. The molecule has 1 amide bonds. The van der Waals surface area contributed by atoms with Crippen molar-refractivity contribution in [2.75, 3.05) is 12.4 Å². The maximum absolute atomic E-state index is 12.3. The number of carbonyl (C=O) groups excluding carboxylic acids is 1. The molecule has 5 nitrogen and oxygen atoms in total. The second-order valence-corrected chi connectivity index (χ2v) is 7.91. The standard InChI is InChI=1S/C17H16N2O3S2/c1-18-14-3-2-4-15(11-14)24(21,22)19-17(20)10-12-5-6-16-13(9-12)7-8-23-16/h2-9,11,18H,10H2,1H3,(H,19,20). The molecule has 1 aromatic heterocycles. The highest BCUT2D eigenvalue weighted by Crippen LogP contribution is 2.22. The van der Waals surface area contributed by atoms with Crippen molar-refractivity contribution in [1.82, 2.24) is 4.72 Å². The van der Waals surface area contributed by atoms with Crippen LogP contribution in [0, 0.1) is 0 Å². The Balaban J connectivity index is 1.75. The summed E-state index contributed by atoms with van der Waals surface area (Å²) < 4.78 is 27.9. The quantitative estimate of drug-likeness (QED) is 0.733. The number of thiophene rings is 1. The van der Waals surface area contributed by atoms with Gasteiger partial charge in [-0.05, 0) is 52.7 Å². The van der Waals surface area contributed by atoms with Crippen LogP contribution in [-0.4, -0.2) is 21.4 Å². The van der Waals surface area contributed by atoms with Crippen LogP contribution < -0.4 is 10.0 Å². The zero-order valence-electron chi connectivity index (χ0n) is 12.9. The highest BCUT2D eigenvalue weighted by atomic mass is 32.2. The van der Waals surface area contributed by atoms with Gasteiger partial charge >= 0.3 is 0 Å². The number of anilines is 1. The normalized spacial score (nSPS) is 11.4. The first-order valence-corrected chi connectivity index (χ1v) is 9.64. The van der Waals surface area contributed by atoms with Crippen LogP contribution in [0.5, 0.6) is 0 Å². The molecule has 3 rings (SSSR count). The van der Waals surface area contributed by atoms with Crippen molar-refractivity contribution in [3.8, 4) is 0 Å². The van der Waals surface area contributed by atoms with E-state index in [1.165, 1.54) is 12.1 Å². The summed E-state index contributed by atoms with van der Waals surface area (Å²) in [6.45, 7) is 0. The van der Waals surface area contributed by atoms with E-state index in [0.29, 0.717) is 5.69 Å². The van der Waals surface area contributed by atoms with Gasteiger partial charge in [-0.25, -0.2) is 13.1 Å². The summed E-state index contributed by atoms with van der Waals surface area (Å²) in [5.41, 5.74) is 1.44. The van der Waals surface area contributed by atoms with Crippen LogP contribution in [0.25, 0.3) is 10.1 Å². The third kappa shape index (κ3) is 3.58. The molecule has 24 heavy (non-hydrogen) atoms. The zero-order chi connectivity index (χ0) is 17.2. The number of rotatable bonds is 5. The lowest BCUT2D eigenvalue weighted by Gasteiger charge is -2.08. The van der Waals surface area contributed by atoms with E-state index in [4.69, 9.17) is 0 Å². The number of fused-ring (bicyclic) bond motifs is 1. The average molecular weight is 360 g/mol. The van der Waals surface area contributed by atoms with Gasteiger partial charge in [0.05, 0.1) is 11.3 Å². The number of amides is 1. The van der Waals surface area contributed by atoms with Crippen LogP contribution in [0.15, 0.2) is 58.8 Å². The fourth-order valence-corrected chi connectivity index (χ4v) is 4.18. The lowest BCUT2D eigenvalue weighted by Crippen LogP contribution is -2.31. The molecule has 0 radical (unpaired) electrons. The van der Waals surface area contributed by atoms with E-state index in [2.05, 4.69) is 10.0 Å². The van der Waals surface area contributed by atoms with Crippen LogP contribution >= 0.6 is 11.3 Å². The molecule has 124 valence electrons. The Morgan fingerprint density at radius 1 is 1.12 bits per heavy atom. The van der Waals surface area contributed by atoms with Gasteiger partial charge in [0.2, 0.25) is 5.91 Å². The first kappa shape index (κ1) is 16.5. The van der Waals surface area contributed by atoms with Gasteiger partial charge in [0, 0.05) is 17.4 Å². The Bertz CT molecular complexity index is 994. The summed E-state index contributed by atoms with van der Waals surface area (Å²) in [5, 5.41) is 5.90. The molecular weight excluding hydrogens is 344 g/mol. The Kier molecular flexibility index (Phi) is 4.55. The van der Waals surface area contributed by atoms with Crippen molar-refractivity contribution in [3.63, 3.8) is 0 Å². The molecule has 3 aromatic rings. The van der Waals surface area contributed by atoms with Gasteiger partial charge in [0.1, 0.15) is 0 Å². The molecule has 0 saturated carbocycles. The predicted octanol–water partition coefficient (Wildman–Crippen LogP) is 2.99. The molecule has 1 heterocycles. The minimum atomic E-state index is -3.88. The first-order valence-electron chi connectivity index (χ1n) is 7.27. The number of carbonyl (C=O) groups is 1. The minimum absolute atomic E-state index is 0.0106. The van der Waals surface area contributed by atoms with E-state index in [9.17, 15) is 13.2 Å². The lowest BCUT2D eigenvalue weighted by molar-refractivity contribution is -0.118. The zero-order valence-corrected chi connectivity index (χ0v) is 14.6. The summed E-state index contributed by atoms with van der Waals surface area (Å²) in [4.78, 5) is 12.2. The van der Waals surface area contributed by atoms with Crippen LogP contribution in [0.2, 0.25) is 0 Å². The van der Waals surface area contributed by atoms with Crippen LogP contribution in [0.1, 0.15) is 5.56 Å². The average Bonchev–Trinajstić information content (AvgIpc) is 3.02. The minimum Gasteiger partial charge on any atom is -0.388 e. The fraction of sp³-hybridized carbons (Fsp3) is 0.118. The third-order valence-corrected chi connectivity index (χ3v) is 5.83. The summed E-state index contributed by atoms with van der Waals surface area (Å²) in [7, 11) is -2.18. The number of benzene rings is 2. The van der Waals surface area contributed by atoms with Crippen molar-refractivity contribution >= 4 is 43.0 Å². The largest absolute Gasteiger partial charge is 0.388 e. The maximum Gasteiger partial charge on any atom is 0.264 e. The van der Waals surface area contributed by atoms with Crippen molar-refractivity contribution in [2.45, 2.75) is 11.3 Å². The molecule has 0 spiro atoms. The molecule has 7 heteroatoms. The Morgan fingerprint density at radius 2 is 1.96 bits per heavy atom. The summed E-state index contributed by atoms with van der Waals surface area (Å²) in [6.07, 6.45) is 0.0106. The van der Waals surface area contributed by atoms with Crippen molar-refractivity contribution in [2.24, 2.45) is 0 Å². The topological polar surface area (TPSA) is 75.3 Å². The SMILES string of the molecule is CNc1cccc(S(=O)(=O)NC(=O)Cc2ccc3sccc3c2)c1. The second-order valence-electron chi connectivity index (χ2n) is 5.28. The molecule has 0 aliphatic carbocycles. The van der Waals surface area contributed by atoms with E-state index in [0.717, 1.165) is 15.6 Å². The van der Waals surface area contributed by atoms with Crippen LogP contribution in [-0.2, 0) is 21.2 Å². The summed E-state index contributed by atoms with van der Waals surface area (Å²) in [6, 6.07) is 14.0. The van der Waals surface area contributed by atoms with Gasteiger partial charge in [0.25, 0.3) is 10.0 Å². The molecule has 0 fully saturated rings. The van der Waals surface area contributed by atoms with Gasteiger partial charge < -0.3 is 5.32 Å². The monoisotopic (exact) mass is 360 g/mol. The van der Waals surface area contributed by atoms with E-state index >= 15 is 0 Å². The first-order chi connectivity index (χ1) is 11.5. The summed E-state index contributed by atoms with van der Waals surface area (Å²) >= 11 is 1.62. The van der Waals surface area contributed by atoms with Gasteiger partial charge in [-0.15, -0.1) is 11.3 Å². The smallest absolute Gasteiger partial charge is 0.264 e. The van der Waals surface area contributed by atoms with Crippen LogP contribution in [0.3, 0.4) is 0 Å². The Morgan fingerprint density at radius 3 is 2.75 bits per heavy atom. The number of sulfonamides is 1. The fourth-order valence-electron chi connectivity index (χ4n) is 2.38. The van der Waals surface area contributed by atoms with E-state index in [1.807, 2.05) is 29.6 Å². The third-order valence-electron chi connectivity index (χ3n) is 3.56. The predicted molar refractivity (Wildman–Crippen MR) is 96.8 cm³/mol. The van der Waals surface area contributed by atoms with Crippen molar-refractivity contribution in [3.05, 3.63) is 59.5 Å². The molecule has 0 atom stereocenters. The molecule has 0 aliphatic rings. The maximum atomic E-state index is 12.3. The van der Waals surface area contributed by atoms with E-state index < -0.39 is 15.9 Å². The van der Waals surface area contributed by atoms with Crippen molar-refractivity contribution in [1.29, 1.82) is 0 Å². The number of hydrogen-bond acceptors (Lipinski definition) is 5. The molecular formula is C17H16N2O3S2. The van der Waals surface area contributed by atoms with Gasteiger partial charge in [-0.3, -0.25) is 4.79 Å². The number of hydrogen-bond donors (Lipinski definition) is 2. The Hall–Kier alpha value is -2.38. The molecule has 0 bridgehead atoms. The Labute approximate surface area is 144 Å². The van der Waals surface area contributed by atoms with E-state index in [-0.39, 0.29) is 11.3 Å². The summed E-state index contributed by atoms with van der Waals surface area (Å²) in [5.74, 6) is -0.556. The molecule has 0 unspecified atom stereocenters. The molecule has 0 aliphatic heterocycles. The molecule has 0 saturated heterocycles. The van der Waals surface area contributed by atoms with Gasteiger partial charge in [0.15, 0.2) is 0 Å². The lowest BCUT2D eigenvalue weighted by atomic mass is 10.1. The highest BCUT2D eigenvalue weighted by molar-refractivity contribution is 7.90. The molecule has 2 aromatic carbocycles.